The third-order valence-electron chi connectivity index (χ3n) is 4.46. The van der Waals surface area contributed by atoms with Crippen molar-refractivity contribution in [1.29, 1.82) is 0 Å². The van der Waals surface area contributed by atoms with E-state index < -0.39 is 0 Å². The molecule has 1 N–H and O–H groups in total. The lowest BCUT2D eigenvalue weighted by Crippen LogP contribution is -2.47. The Hall–Kier alpha value is -2.03. The second-order valence-corrected chi connectivity index (χ2v) is 6.22. The average molecular weight is 482 g/mol. The summed E-state index contributed by atoms with van der Waals surface area (Å²) in [7, 11) is 3.45. The maximum atomic E-state index is 6.06. The van der Waals surface area contributed by atoms with Crippen LogP contribution in [0.4, 0.5) is 0 Å². The summed E-state index contributed by atoms with van der Waals surface area (Å²) in [5.41, 5.74) is 1.11. The normalized spacial score (nSPS) is 15.0. The fraction of sp³-hybridized carbons (Fsp3) is 0.400. The summed E-state index contributed by atoms with van der Waals surface area (Å²) in [5, 5.41) is 3.42. The molecule has 27 heavy (non-hydrogen) atoms. The molecule has 2 heterocycles. The molecule has 0 amide bonds. The molecule has 146 valence electrons. The molecule has 0 radical (unpaired) electrons. The number of para-hydroxylation sites is 1. The van der Waals surface area contributed by atoms with Crippen LogP contribution in [-0.2, 0) is 6.54 Å². The zero-order valence-electron chi connectivity index (χ0n) is 15.8. The second-order valence-electron chi connectivity index (χ2n) is 6.22. The first-order valence-electron chi connectivity index (χ1n) is 8.94. The highest BCUT2D eigenvalue weighted by Crippen LogP contribution is 2.18. The molecule has 0 atom stereocenters. The van der Waals surface area contributed by atoms with Gasteiger partial charge in [0, 0.05) is 51.8 Å². The van der Waals surface area contributed by atoms with Gasteiger partial charge in [-0.2, -0.15) is 0 Å². The van der Waals surface area contributed by atoms with Crippen molar-refractivity contribution in [1.82, 2.24) is 15.2 Å². The number of benzene rings is 1. The van der Waals surface area contributed by atoms with Crippen LogP contribution in [0.5, 0.6) is 11.6 Å². The number of nitrogens with zero attached hydrogens (tertiary/aromatic N) is 3. The number of methoxy groups -OCH3 is 1. The molecule has 0 bridgehead atoms. The number of halogens is 1. The van der Waals surface area contributed by atoms with Crippen LogP contribution in [-0.4, -0.2) is 49.2 Å². The van der Waals surface area contributed by atoms with Gasteiger partial charge in [-0.1, -0.05) is 18.2 Å². The quantitative estimate of drug-likeness (QED) is 0.403. The number of hydrogen-bond donors (Lipinski definition) is 1. The number of likely N-dealkylation sites (tertiary alicyclic amines) is 1. The lowest BCUT2D eigenvalue weighted by Gasteiger charge is -2.34. The Labute approximate surface area is 178 Å². The highest BCUT2D eigenvalue weighted by atomic mass is 127. The topological polar surface area (TPSA) is 59.0 Å². The van der Waals surface area contributed by atoms with Crippen LogP contribution in [0, 0.1) is 0 Å². The molecule has 2 aromatic rings. The molecule has 0 spiro atoms. The van der Waals surface area contributed by atoms with E-state index in [4.69, 9.17) is 9.47 Å². The van der Waals surface area contributed by atoms with E-state index in [1.54, 1.807) is 13.3 Å². The van der Waals surface area contributed by atoms with E-state index in [1.165, 1.54) is 0 Å². The van der Waals surface area contributed by atoms with E-state index in [9.17, 15) is 0 Å². The summed E-state index contributed by atoms with van der Waals surface area (Å²) in [6, 6.07) is 13.9. The smallest absolute Gasteiger partial charge is 0.213 e. The van der Waals surface area contributed by atoms with E-state index >= 15 is 0 Å². The summed E-state index contributed by atoms with van der Waals surface area (Å²) in [4.78, 5) is 10.8. The molecule has 1 aliphatic heterocycles. The minimum Gasteiger partial charge on any atom is -0.490 e. The van der Waals surface area contributed by atoms with Gasteiger partial charge in [0.1, 0.15) is 11.9 Å². The van der Waals surface area contributed by atoms with Crippen LogP contribution in [0.25, 0.3) is 0 Å². The van der Waals surface area contributed by atoms with Crippen molar-refractivity contribution in [3.05, 3.63) is 54.2 Å². The fourth-order valence-corrected chi connectivity index (χ4v) is 3.06. The van der Waals surface area contributed by atoms with Gasteiger partial charge in [0.2, 0.25) is 5.88 Å². The van der Waals surface area contributed by atoms with Crippen molar-refractivity contribution in [2.45, 2.75) is 25.5 Å². The summed E-state index contributed by atoms with van der Waals surface area (Å²) in [5.74, 6) is 2.48. The van der Waals surface area contributed by atoms with E-state index in [2.05, 4.69) is 20.2 Å². The number of aliphatic imine (C=N–C) groups is 1. The zero-order valence-corrected chi connectivity index (χ0v) is 18.1. The van der Waals surface area contributed by atoms with Crippen molar-refractivity contribution < 1.29 is 9.47 Å². The number of piperidine rings is 1. The molecule has 1 aromatic heterocycles. The Morgan fingerprint density at radius 1 is 1.22 bits per heavy atom. The molecule has 0 aliphatic carbocycles. The summed E-state index contributed by atoms with van der Waals surface area (Å²) >= 11 is 0. The van der Waals surface area contributed by atoms with Gasteiger partial charge in [-0.3, -0.25) is 4.99 Å². The number of rotatable bonds is 5. The minimum absolute atomic E-state index is 0. The van der Waals surface area contributed by atoms with Crippen LogP contribution in [0.2, 0.25) is 0 Å². The highest BCUT2D eigenvalue weighted by molar-refractivity contribution is 14.0. The number of pyridine rings is 1. The third kappa shape index (κ3) is 6.27. The molecular weight excluding hydrogens is 455 g/mol. The molecular formula is C20H27IN4O2. The number of guanidine groups is 1. The van der Waals surface area contributed by atoms with Gasteiger partial charge in [0.05, 0.1) is 7.11 Å². The van der Waals surface area contributed by atoms with E-state index in [0.29, 0.717) is 12.4 Å². The molecule has 6 nitrogen and oxygen atoms in total. The van der Waals surface area contributed by atoms with Crippen molar-refractivity contribution in [2.24, 2.45) is 4.99 Å². The summed E-state index contributed by atoms with van der Waals surface area (Å²) in [6.45, 7) is 2.54. The second kappa shape index (κ2) is 11.0. The van der Waals surface area contributed by atoms with Gasteiger partial charge in [-0.15, -0.1) is 24.0 Å². The van der Waals surface area contributed by atoms with E-state index in [0.717, 1.165) is 43.2 Å². The standard InChI is InChI=1S/C20H26N4O2.HI/c1-21-20(23-15-16-8-11-22-19(14-16)25-2)24-12-9-18(10-13-24)26-17-6-4-3-5-7-17;/h3-8,11,14,18H,9-10,12-13,15H2,1-2H3,(H,21,23);1H. The first-order chi connectivity index (χ1) is 12.8. The average Bonchev–Trinajstić information content (AvgIpc) is 2.70. The van der Waals surface area contributed by atoms with Crippen LogP contribution in [0.3, 0.4) is 0 Å². The van der Waals surface area contributed by atoms with E-state index in [1.807, 2.05) is 49.5 Å². The number of aromatic nitrogens is 1. The number of ether oxygens (including phenoxy) is 2. The van der Waals surface area contributed by atoms with Gasteiger partial charge < -0.3 is 19.7 Å². The van der Waals surface area contributed by atoms with Gasteiger partial charge in [0.15, 0.2) is 5.96 Å². The first-order valence-corrected chi connectivity index (χ1v) is 8.94. The van der Waals surface area contributed by atoms with Crippen molar-refractivity contribution in [2.75, 3.05) is 27.2 Å². The largest absolute Gasteiger partial charge is 0.490 e. The molecule has 7 heteroatoms. The molecule has 0 saturated carbocycles. The Kier molecular flexibility index (Phi) is 8.63. The zero-order chi connectivity index (χ0) is 18.2. The van der Waals surface area contributed by atoms with Crippen LogP contribution in [0.15, 0.2) is 53.7 Å². The Bertz CT molecular complexity index is 719. The Morgan fingerprint density at radius 2 is 1.96 bits per heavy atom. The lowest BCUT2D eigenvalue weighted by atomic mass is 10.1. The summed E-state index contributed by atoms with van der Waals surface area (Å²) in [6.07, 6.45) is 3.98. The van der Waals surface area contributed by atoms with Gasteiger partial charge in [0.25, 0.3) is 0 Å². The molecule has 1 aliphatic rings. The SMILES string of the molecule is CN=C(NCc1ccnc(OC)c1)N1CCC(Oc2ccccc2)CC1.I. The molecule has 0 unspecified atom stereocenters. The monoisotopic (exact) mass is 482 g/mol. The molecule has 1 saturated heterocycles. The van der Waals surface area contributed by atoms with Gasteiger partial charge in [-0.25, -0.2) is 4.98 Å². The van der Waals surface area contributed by atoms with Gasteiger partial charge >= 0.3 is 0 Å². The maximum absolute atomic E-state index is 6.06. The van der Waals surface area contributed by atoms with Crippen molar-refractivity contribution in [3.8, 4) is 11.6 Å². The van der Waals surface area contributed by atoms with Crippen LogP contribution < -0.4 is 14.8 Å². The Morgan fingerprint density at radius 3 is 2.63 bits per heavy atom. The van der Waals surface area contributed by atoms with E-state index in [-0.39, 0.29) is 30.1 Å². The number of hydrogen-bond acceptors (Lipinski definition) is 4. The molecule has 3 rings (SSSR count). The highest BCUT2D eigenvalue weighted by Gasteiger charge is 2.22. The fourth-order valence-electron chi connectivity index (χ4n) is 3.06. The van der Waals surface area contributed by atoms with Gasteiger partial charge in [-0.05, 0) is 23.8 Å². The first kappa shape index (κ1) is 21.3. The van der Waals surface area contributed by atoms with Crippen LogP contribution in [0.1, 0.15) is 18.4 Å². The minimum atomic E-state index is 0. The molecule has 1 fully saturated rings. The summed E-state index contributed by atoms with van der Waals surface area (Å²) < 4.78 is 11.2. The predicted octanol–water partition coefficient (Wildman–Crippen LogP) is 3.33. The molecule has 1 aromatic carbocycles. The number of nitrogens with one attached hydrogen (secondary N) is 1. The lowest BCUT2D eigenvalue weighted by molar-refractivity contribution is 0.129. The maximum Gasteiger partial charge on any atom is 0.213 e. The van der Waals surface area contributed by atoms with Crippen molar-refractivity contribution >= 4 is 29.9 Å². The third-order valence-corrected chi connectivity index (χ3v) is 4.46. The van der Waals surface area contributed by atoms with Crippen LogP contribution >= 0.6 is 24.0 Å². The Balaban J connectivity index is 0.00000261. The van der Waals surface area contributed by atoms with Crippen molar-refractivity contribution in [3.63, 3.8) is 0 Å². The predicted molar refractivity (Wildman–Crippen MR) is 118 cm³/mol.